The molecular formula is C20H41IN6O. The van der Waals surface area contributed by atoms with Crippen LogP contribution in [0.1, 0.15) is 20.3 Å². The third kappa shape index (κ3) is 7.27. The first-order valence-corrected chi connectivity index (χ1v) is 10.9. The summed E-state index contributed by atoms with van der Waals surface area (Å²) in [6.45, 7) is 18.4. The SMILES string of the molecule is CCNC(=NCC(C)CN1CCN(C)CC1)N1CCC(N2CCOCC2)C1.I. The second kappa shape index (κ2) is 12.5. The summed E-state index contributed by atoms with van der Waals surface area (Å²) in [7, 11) is 2.22. The van der Waals surface area contributed by atoms with Gasteiger partial charge in [0.15, 0.2) is 5.96 Å². The quantitative estimate of drug-likeness (QED) is 0.327. The highest BCUT2D eigenvalue weighted by molar-refractivity contribution is 14.0. The maximum Gasteiger partial charge on any atom is 0.193 e. The van der Waals surface area contributed by atoms with Gasteiger partial charge < -0.3 is 24.8 Å². The number of hydrogen-bond donors (Lipinski definition) is 1. The van der Waals surface area contributed by atoms with Crippen molar-refractivity contribution in [2.45, 2.75) is 26.3 Å². The summed E-state index contributed by atoms with van der Waals surface area (Å²) in [6, 6.07) is 0.653. The Hall–Kier alpha value is -0.160. The molecule has 2 unspecified atom stereocenters. The molecule has 0 aromatic rings. The molecule has 164 valence electrons. The van der Waals surface area contributed by atoms with Crippen LogP contribution >= 0.6 is 24.0 Å². The van der Waals surface area contributed by atoms with Gasteiger partial charge in [-0.1, -0.05) is 6.92 Å². The van der Waals surface area contributed by atoms with E-state index in [-0.39, 0.29) is 24.0 Å². The van der Waals surface area contributed by atoms with Crippen molar-refractivity contribution in [2.24, 2.45) is 10.9 Å². The van der Waals surface area contributed by atoms with Crippen molar-refractivity contribution in [1.82, 2.24) is 24.9 Å². The van der Waals surface area contributed by atoms with Crippen LogP contribution in [-0.4, -0.2) is 124 Å². The van der Waals surface area contributed by atoms with E-state index in [1.54, 1.807) is 0 Å². The lowest BCUT2D eigenvalue weighted by atomic mass is 10.1. The Morgan fingerprint density at radius 3 is 2.50 bits per heavy atom. The monoisotopic (exact) mass is 508 g/mol. The largest absolute Gasteiger partial charge is 0.379 e. The number of nitrogens with zero attached hydrogens (tertiary/aromatic N) is 5. The Labute approximate surface area is 188 Å². The summed E-state index contributed by atoms with van der Waals surface area (Å²) in [4.78, 5) is 15.1. The summed E-state index contributed by atoms with van der Waals surface area (Å²) in [5.41, 5.74) is 0. The van der Waals surface area contributed by atoms with Crippen LogP contribution in [0.4, 0.5) is 0 Å². The molecule has 0 aromatic carbocycles. The van der Waals surface area contributed by atoms with Crippen LogP contribution in [0.15, 0.2) is 4.99 Å². The molecule has 28 heavy (non-hydrogen) atoms. The molecule has 3 saturated heterocycles. The van der Waals surface area contributed by atoms with Crippen LogP contribution in [-0.2, 0) is 4.74 Å². The van der Waals surface area contributed by atoms with Crippen LogP contribution in [0.2, 0.25) is 0 Å². The molecule has 1 N–H and O–H groups in total. The van der Waals surface area contributed by atoms with E-state index >= 15 is 0 Å². The van der Waals surface area contributed by atoms with Crippen molar-refractivity contribution in [1.29, 1.82) is 0 Å². The van der Waals surface area contributed by atoms with Gasteiger partial charge in [0.1, 0.15) is 0 Å². The Bertz CT molecular complexity index is 466. The minimum atomic E-state index is 0. The van der Waals surface area contributed by atoms with E-state index in [0.717, 1.165) is 65.0 Å². The standard InChI is InChI=1S/C20H40N6O.HI/c1-4-21-20(22-15-18(2)16-24-9-7-23(3)8-10-24)26-6-5-19(17-26)25-11-13-27-14-12-25;/h18-19H,4-17H2,1-3H3,(H,21,22);1H. The van der Waals surface area contributed by atoms with Crippen molar-refractivity contribution in [3.63, 3.8) is 0 Å². The van der Waals surface area contributed by atoms with Crippen LogP contribution < -0.4 is 5.32 Å². The Morgan fingerprint density at radius 2 is 1.82 bits per heavy atom. The van der Waals surface area contributed by atoms with Gasteiger partial charge in [0, 0.05) is 78.0 Å². The first-order valence-electron chi connectivity index (χ1n) is 10.9. The summed E-state index contributed by atoms with van der Waals surface area (Å²) in [6.07, 6.45) is 1.24. The van der Waals surface area contributed by atoms with Crippen molar-refractivity contribution >= 4 is 29.9 Å². The minimum absolute atomic E-state index is 0. The maximum absolute atomic E-state index is 5.51. The van der Waals surface area contributed by atoms with Gasteiger partial charge in [-0.25, -0.2) is 0 Å². The van der Waals surface area contributed by atoms with E-state index in [2.05, 4.69) is 45.8 Å². The average molecular weight is 508 g/mol. The van der Waals surface area contributed by atoms with E-state index in [4.69, 9.17) is 9.73 Å². The molecule has 8 heteroatoms. The number of nitrogens with one attached hydrogen (secondary N) is 1. The van der Waals surface area contributed by atoms with Crippen LogP contribution in [0.3, 0.4) is 0 Å². The maximum atomic E-state index is 5.51. The molecule has 7 nitrogen and oxygen atoms in total. The Balaban J connectivity index is 0.00000280. The van der Waals surface area contributed by atoms with Crippen molar-refractivity contribution in [2.75, 3.05) is 92.3 Å². The number of likely N-dealkylation sites (N-methyl/N-ethyl adjacent to an activating group) is 1. The normalized spacial score (nSPS) is 26.9. The fourth-order valence-electron chi connectivity index (χ4n) is 4.37. The number of piperazine rings is 1. The summed E-state index contributed by atoms with van der Waals surface area (Å²) < 4.78 is 5.51. The lowest BCUT2D eigenvalue weighted by Gasteiger charge is -2.34. The smallest absolute Gasteiger partial charge is 0.193 e. The van der Waals surface area contributed by atoms with Crippen molar-refractivity contribution in [3.8, 4) is 0 Å². The Morgan fingerprint density at radius 1 is 1.11 bits per heavy atom. The van der Waals surface area contributed by atoms with Gasteiger partial charge in [-0.2, -0.15) is 0 Å². The molecule has 3 fully saturated rings. The fraction of sp³-hybridized carbons (Fsp3) is 0.950. The molecule has 0 radical (unpaired) electrons. The number of halogens is 1. The third-order valence-electron chi connectivity index (χ3n) is 6.08. The second-order valence-corrected chi connectivity index (χ2v) is 8.44. The number of guanidine groups is 1. The zero-order chi connectivity index (χ0) is 19.1. The highest BCUT2D eigenvalue weighted by Gasteiger charge is 2.30. The van der Waals surface area contributed by atoms with Crippen LogP contribution in [0, 0.1) is 5.92 Å². The van der Waals surface area contributed by atoms with Gasteiger partial charge in [-0.3, -0.25) is 9.89 Å². The summed E-state index contributed by atoms with van der Waals surface area (Å²) in [5, 5.41) is 3.53. The fourth-order valence-corrected chi connectivity index (χ4v) is 4.37. The van der Waals surface area contributed by atoms with Gasteiger partial charge >= 0.3 is 0 Å². The number of rotatable bonds is 6. The number of aliphatic imine (C=N–C) groups is 1. The molecule has 3 aliphatic rings. The Kier molecular flexibility index (Phi) is 10.8. The predicted octanol–water partition coefficient (Wildman–Crippen LogP) is 0.860. The summed E-state index contributed by atoms with van der Waals surface area (Å²) >= 11 is 0. The molecule has 3 rings (SSSR count). The zero-order valence-corrected chi connectivity index (χ0v) is 20.4. The average Bonchev–Trinajstić information content (AvgIpc) is 3.18. The first kappa shape index (κ1) is 24.1. The number of hydrogen-bond acceptors (Lipinski definition) is 5. The van der Waals surface area contributed by atoms with Crippen molar-refractivity contribution < 1.29 is 4.74 Å². The molecule has 3 aliphatic heterocycles. The molecular weight excluding hydrogens is 467 g/mol. The number of morpholine rings is 1. The molecule has 2 atom stereocenters. The lowest BCUT2D eigenvalue weighted by molar-refractivity contribution is 0.0195. The molecule has 3 heterocycles. The van der Waals surface area contributed by atoms with Crippen LogP contribution in [0.25, 0.3) is 0 Å². The molecule has 0 bridgehead atoms. The minimum Gasteiger partial charge on any atom is -0.379 e. The van der Waals surface area contributed by atoms with E-state index in [1.165, 1.54) is 32.6 Å². The molecule has 0 saturated carbocycles. The molecule has 0 amide bonds. The van der Waals surface area contributed by atoms with Crippen LogP contribution in [0.5, 0.6) is 0 Å². The molecule has 0 aromatic heterocycles. The highest BCUT2D eigenvalue weighted by Crippen LogP contribution is 2.17. The van der Waals surface area contributed by atoms with Gasteiger partial charge in [-0.05, 0) is 26.3 Å². The first-order chi connectivity index (χ1) is 13.2. The van der Waals surface area contributed by atoms with Gasteiger partial charge in [0.05, 0.1) is 13.2 Å². The molecule has 0 aliphatic carbocycles. The number of ether oxygens (including phenoxy) is 1. The van der Waals surface area contributed by atoms with Gasteiger partial charge in [0.25, 0.3) is 0 Å². The predicted molar refractivity (Wildman–Crippen MR) is 127 cm³/mol. The second-order valence-electron chi connectivity index (χ2n) is 8.44. The van der Waals surface area contributed by atoms with Gasteiger partial charge in [0.2, 0.25) is 0 Å². The van der Waals surface area contributed by atoms with Crippen molar-refractivity contribution in [3.05, 3.63) is 0 Å². The van der Waals surface area contributed by atoms with E-state index in [1.807, 2.05) is 0 Å². The summed E-state index contributed by atoms with van der Waals surface area (Å²) in [5.74, 6) is 1.71. The topological polar surface area (TPSA) is 46.6 Å². The van der Waals surface area contributed by atoms with E-state index < -0.39 is 0 Å². The van der Waals surface area contributed by atoms with E-state index in [9.17, 15) is 0 Å². The molecule has 0 spiro atoms. The lowest BCUT2D eigenvalue weighted by Crippen LogP contribution is -2.47. The highest BCUT2D eigenvalue weighted by atomic mass is 127. The zero-order valence-electron chi connectivity index (χ0n) is 18.1. The number of likely N-dealkylation sites (tertiary alicyclic amines) is 1. The third-order valence-corrected chi connectivity index (χ3v) is 6.08. The van der Waals surface area contributed by atoms with E-state index in [0.29, 0.717) is 12.0 Å². The van der Waals surface area contributed by atoms with Gasteiger partial charge in [-0.15, -0.1) is 24.0 Å².